The van der Waals surface area contributed by atoms with Gasteiger partial charge in [-0.1, -0.05) is 29.3 Å². The first-order valence-corrected chi connectivity index (χ1v) is 7.38. The predicted octanol–water partition coefficient (Wildman–Crippen LogP) is 4.65. The zero-order valence-corrected chi connectivity index (χ0v) is 13.4. The van der Waals surface area contributed by atoms with Gasteiger partial charge in [0.25, 0.3) is 0 Å². The van der Waals surface area contributed by atoms with E-state index in [-0.39, 0.29) is 12.6 Å². The summed E-state index contributed by atoms with van der Waals surface area (Å²) in [4.78, 5) is 12.5. The second kappa shape index (κ2) is 6.54. The molecule has 112 valence electrons. The molecule has 21 heavy (non-hydrogen) atoms. The fourth-order valence-electron chi connectivity index (χ4n) is 2.34. The third-order valence-corrected chi connectivity index (χ3v) is 3.98. The number of hydrogen-bond donors (Lipinski definition) is 0. The molecule has 1 atom stereocenters. The Morgan fingerprint density at radius 1 is 1.24 bits per heavy atom. The van der Waals surface area contributed by atoms with Gasteiger partial charge in [-0.3, -0.25) is 4.79 Å². The lowest BCUT2D eigenvalue weighted by Crippen LogP contribution is -2.37. The van der Waals surface area contributed by atoms with Crippen LogP contribution in [0, 0.1) is 0 Å². The number of benzene rings is 1. The highest BCUT2D eigenvalue weighted by atomic mass is 35.5. The van der Waals surface area contributed by atoms with Gasteiger partial charge in [-0.05, 0) is 38.1 Å². The molecule has 1 aromatic heterocycles. The molecule has 0 saturated carbocycles. The van der Waals surface area contributed by atoms with E-state index in [0.29, 0.717) is 27.8 Å². The maximum Gasteiger partial charge on any atom is 0.316 e. The van der Waals surface area contributed by atoms with E-state index in [2.05, 4.69) is 0 Å². The normalized spacial score (nSPS) is 13.7. The molecular formula is C16H16Cl2O3. The minimum Gasteiger partial charge on any atom is -0.469 e. The Labute approximate surface area is 133 Å². The third kappa shape index (κ3) is 3.25. The number of furan rings is 1. The third-order valence-electron chi connectivity index (χ3n) is 3.35. The van der Waals surface area contributed by atoms with Crippen LogP contribution in [-0.2, 0) is 21.4 Å². The molecule has 5 heteroatoms. The number of halogens is 2. The first-order chi connectivity index (χ1) is 9.99. The largest absolute Gasteiger partial charge is 0.469 e. The van der Waals surface area contributed by atoms with Crippen LogP contribution < -0.4 is 0 Å². The molecule has 1 aromatic carbocycles. The van der Waals surface area contributed by atoms with Gasteiger partial charge in [-0.2, -0.15) is 0 Å². The average molecular weight is 327 g/mol. The summed E-state index contributed by atoms with van der Waals surface area (Å²) in [6.07, 6.45) is 1.89. The molecule has 0 radical (unpaired) electrons. The van der Waals surface area contributed by atoms with Crippen LogP contribution in [0.15, 0.2) is 41.0 Å². The number of carbonyl (C=O) groups excluding carboxylic acids is 1. The summed E-state index contributed by atoms with van der Waals surface area (Å²) in [6, 6.07) is 8.74. The lowest BCUT2D eigenvalue weighted by Gasteiger charge is -2.28. The van der Waals surface area contributed by atoms with Gasteiger partial charge >= 0.3 is 5.97 Å². The van der Waals surface area contributed by atoms with Crippen molar-refractivity contribution in [3.05, 3.63) is 58.0 Å². The number of ether oxygens (including phenoxy) is 1. The summed E-state index contributed by atoms with van der Waals surface area (Å²) in [5.41, 5.74) is -0.452. The van der Waals surface area contributed by atoms with Crippen LogP contribution in [-0.4, -0.2) is 12.6 Å². The van der Waals surface area contributed by atoms with Crippen molar-refractivity contribution in [3.8, 4) is 0 Å². The molecular weight excluding hydrogens is 311 g/mol. The van der Waals surface area contributed by atoms with Crippen molar-refractivity contribution in [1.29, 1.82) is 0 Å². The molecule has 0 amide bonds. The fraction of sp³-hybridized carbons (Fsp3) is 0.312. The molecule has 2 aromatic rings. The molecule has 1 heterocycles. The number of hydrogen-bond acceptors (Lipinski definition) is 3. The molecule has 0 N–H and O–H groups in total. The van der Waals surface area contributed by atoms with Crippen LogP contribution in [0.3, 0.4) is 0 Å². The number of carbonyl (C=O) groups is 1. The summed E-state index contributed by atoms with van der Waals surface area (Å²) in [6.45, 7) is 3.81. The molecule has 3 nitrogen and oxygen atoms in total. The van der Waals surface area contributed by atoms with Crippen molar-refractivity contribution in [2.75, 3.05) is 6.61 Å². The smallest absolute Gasteiger partial charge is 0.316 e. The Kier molecular flexibility index (Phi) is 4.96. The van der Waals surface area contributed by atoms with Gasteiger partial charge in [0.1, 0.15) is 5.76 Å². The second-order valence-corrected chi connectivity index (χ2v) is 5.72. The lowest BCUT2D eigenvalue weighted by molar-refractivity contribution is -0.149. The molecule has 0 fully saturated rings. The Balaban J connectivity index is 2.52. The van der Waals surface area contributed by atoms with Gasteiger partial charge in [0, 0.05) is 22.0 Å². The quantitative estimate of drug-likeness (QED) is 0.751. The Morgan fingerprint density at radius 2 is 1.90 bits per heavy atom. The monoisotopic (exact) mass is 326 g/mol. The van der Waals surface area contributed by atoms with Crippen LogP contribution in [0.4, 0.5) is 0 Å². The highest BCUT2D eigenvalue weighted by Gasteiger charge is 2.41. The van der Waals surface area contributed by atoms with Crippen LogP contribution in [0.2, 0.25) is 10.0 Å². The highest BCUT2D eigenvalue weighted by Crippen LogP contribution is 2.39. The Bertz CT molecular complexity index is 602. The SMILES string of the molecule is CCOC(=O)C(C)(Cc1ccco1)c1c(Cl)cccc1Cl. The standard InChI is InChI=1S/C16H16Cl2O3/c1-3-20-15(19)16(2,10-11-6-5-9-21-11)14-12(17)7-4-8-13(14)18/h4-9H,3,10H2,1-2H3. The van der Waals surface area contributed by atoms with E-state index in [1.165, 1.54) is 0 Å². The van der Waals surface area contributed by atoms with Crippen LogP contribution in [0.1, 0.15) is 25.2 Å². The molecule has 0 aliphatic carbocycles. The average Bonchev–Trinajstić information content (AvgIpc) is 2.91. The fourth-order valence-corrected chi connectivity index (χ4v) is 3.15. The van der Waals surface area contributed by atoms with Crippen molar-refractivity contribution in [2.24, 2.45) is 0 Å². The zero-order valence-electron chi connectivity index (χ0n) is 11.9. The van der Waals surface area contributed by atoms with Crippen LogP contribution in [0.5, 0.6) is 0 Å². The molecule has 0 saturated heterocycles. The summed E-state index contributed by atoms with van der Waals surface area (Å²) >= 11 is 12.6. The van der Waals surface area contributed by atoms with E-state index in [4.69, 9.17) is 32.4 Å². The minimum atomic E-state index is -1.01. The molecule has 0 spiro atoms. The molecule has 0 aliphatic rings. The first kappa shape index (κ1) is 15.9. The van der Waals surface area contributed by atoms with E-state index in [1.54, 1.807) is 44.4 Å². The van der Waals surface area contributed by atoms with E-state index >= 15 is 0 Å². The number of esters is 1. The summed E-state index contributed by atoms with van der Waals surface area (Å²) in [5.74, 6) is 0.290. The Hall–Kier alpha value is -1.45. The van der Waals surface area contributed by atoms with Crippen LogP contribution >= 0.6 is 23.2 Å². The van der Waals surface area contributed by atoms with Crippen molar-refractivity contribution in [1.82, 2.24) is 0 Å². The van der Waals surface area contributed by atoms with Crippen LogP contribution in [0.25, 0.3) is 0 Å². The Morgan fingerprint density at radius 3 is 2.43 bits per heavy atom. The van der Waals surface area contributed by atoms with Gasteiger partial charge in [0.05, 0.1) is 18.3 Å². The molecule has 2 rings (SSSR count). The lowest BCUT2D eigenvalue weighted by atomic mass is 9.78. The molecule has 1 unspecified atom stereocenters. The summed E-state index contributed by atoms with van der Waals surface area (Å²) in [5, 5.41) is 0.870. The van der Waals surface area contributed by atoms with Crippen molar-refractivity contribution in [2.45, 2.75) is 25.7 Å². The van der Waals surface area contributed by atoms with Gasteiger partial charge in [-0.15, -0.1) is 0 Å². The minimum absolute atomic E-state index is 0.286. The van der Waals surface area contributed by atoms with Crippen molar-refractivity contribution in [3.63, 3.8) is 0 Å². The van der Waals surface area contributed by atoms with Gasteiger partial charge in [0.2, 0.25) is 0 Å². The van der Waals surface area contributed by atoms with E-state index in [9.17, 15) is 4.79 Å². The van der Waals surface area contributed by atoms with E-state index in [0.717, 1.165) is 0 Å². The summed E-state index contributed by atoms with van der Waals surface area (Å²) in [7, 11) is 0. The topological polar surface area (TPSA) is 39.4 Å². The van der Waals surface area contributed by atoms with Crippen molar-refractivity contribution >= 4 is 29.2 Å². The van der Waals surface area contributed by atoms with E-state index < -0.39 is 5.41 Å². The molecule has 0 aliphatic heterocycles. The maximum atomic E-state index is 12.5. The summed E-state index contributed by atoms with van der Waals surface area (Å²) < 4.78 is 10.6. The van der Waals surface area contributed by atoms with Gasteiger partial charge in [-0.25, -0.2) is 0 Å². The zero-order chi connectivity index (χ0) is 15.5. The molecule has 0 bridgehead atoms. The van der Waals surface area contributed by atoms with Gasteiger partial charge in [0.15, 0.2) is 0 Å². The predicted molar refractivity (Wildman–Crippen MR) is 82.9 cm³/mol. The van der Waals surface area contributed by atoms with Crippen molar-refractivity contribution < 1.29 is 13.9 Å². The second-order valence-electron chi connectivity index (χ2n) is 4.91. The first-order valence-electron chi connectivity index (χ1n) is 6.63. The maximum absolute atomic E-state index is 12.5. The van der Waals surface area contributed by atoms with E-state index in [1.807, 2.05) is 6.07 Å². The van der Waals surface area contributed by atoms with Gasteiger partial charge < -0.3 is 9.15 Å². The number of rotatable bonds is 5. The highest BCUT2D eigenvalue weighted by molar-refractivity contribution is 6.36.